The minimum Gasteiger partial charge on any atom is -0.467 e. The van der Waals surface area contributed by atoms with Crippen LogP contribution in [0.4, 0.5) is 0 Å². The number of ether oxygens (including phenoxy) is 1. The molecule has 126 valence electrons. The third-order valence-electron chi connectivity index (χ3n) is 3.88. The van der Waals surface area contributed by atoms with Gasteiger partial charge in [0.25, 0.3) is 0 Å². The molecule has 4 nitrogen and oxygen atoms in total. The molecule has 0 bridgehead atoms. The van der Waals surface area contributed by atoms with Gasteiger partial charge in [-0.15, -0.1) is 0 Å². The molecule has 25 heavy (non-hydrogen) atoms. The summed E-state index contributed by atoms with van der Waals surface area (Å²) in [5, 5.41) is 0. The first-order chi connectivity index (χ1) is 12.2. The zero-order chi connectivity index (χ0) is 17.5. The Morgan fingerprint density at radius 1 is 1.00 bits per heavy atom. The van der Waals surface area contributed by atoms with Crippen LogP contribution in [-0.4, -0.2) is 11.8 Å². The Bertz CT molecular complexity index is 795. The van der Waals surface area contributed by atoms with Crippen LogP contribution in [0.5, 0.6) is 0 Å². The van der Waals surface area contributed by atoms with Crippen molar-refractivity contribution in [2.75, 3.05) is 0 Å². The van der Waals surface area contributed by atoms with Crippen LogP contribution in [0.1, 0.15) is 29.7 Å². The van der Waals surface area contributed by atoms with Crippen molar-refractivity contribution in [3.63, 3.8) is 0 Å². The second-order valence-electron chi connectivity index (χ2n) is 5.73. The second-order valence-corrected chi connectivity index (χ2v) is 5.73. The third-order valence-corrected chi connectivity index (χ3v) is 3.88. The lowest BCUT2D eigenvalue weighted by Crippen LogP contribution is -2.08. The van der Waals surface area contributed by atoms with Crippen molar-refractivity contribution >= 4 is 11.8 Å². The molecule has 1 aliphatic rings. The number of aliphatic imine (C=N–C) groups is 1. The molecule has 2 aromatic carbocycles. The van der Waals surface area contributed by atoms with Crippen molar-refractivity contribution in [2.24, 2.45) is 10.7 Å². The summed E-state index contributed by atoms with van der Waals surface area (Å²) in [6.07, 6.45) is 7.14. The average Bonchev–Trinajstić information content (AvgIpc) is 3.07. The van der Waals surface area contributed by atoms with E-state index in [1.165, 1.54) is 0 Å². The lowest BCUT2D eigenvalue weighted by atomic mass is 9.97. The fourth-order valence-electron chi connectivity index (χ4n) is 2.71. The summed E-state index contributed by atoms with van der Waals surface area (Å²) in [5.41, 5.74) is 7.30. The van der Waals surface area contributed by atoms with Gasteiger partial charge in [-0.25, -0.2) is 4.99 Å². The Balaban J connectivity index is 1.80. The fourth-order valence-corrected chi connectivity index (χ4v) is 2.71. The van der Waals surface area contributed by atoms with E-state index in [1.807, 2.05) is 36.4 Å². The number of nitrogens with zero attached hydrogens (tertiary/aromatic N) is 1. The van der Waals surface area contributed by atoms with E-state index in [1.54, 1.807) is 24.3 Å². The molecule has 0 saturated carbocycles. The monoisotopic (exact) mass is 332 g/mol. The number of hydrogen-bond acceptors (Lipinski definition) is 3. The number of benzene rings is 2. The van der Waals surface area contributed by atoms with Crippen molar-refractivity contribution in [3.8, 4) is 0 Å². The first-order valence-corrected chi connectivity index (χ1v) is 8.20. The average molecular weight is 332 g/mol. The summed E-state index contributed by atoms with van der Waals surface area (Å²) in [7, 11) is 0. The van der Waals surface area contributed by atoms with E-state index in [0.29, 0.717) is 5.90 Å². The fraction of sp³-hybridized carbons (Fsp3) is 0.143. The van der Waals surface area contributed by atoms with Crippen molar-refractivity contribution in [2.45, 2.75) is 18.6 Å². The molecular formula is C21H20N2O2. The van der Waals surface area contributed by atoms with Crippen molar-refractivity contribution in [3.05, 3.63) is 96.1 Å². The Morgan fingerprint density at radius 3 is 2.28 bits per heavy atom. The second kappa shape index (κ2) is 8.11. The molecule has 0 spiro atoms. The number of primary amides is 1. The van der Waals surface area contributed by atoms with Gasteiger partial charge in [0, 0.05) is 6.42 Å². The van der Waals surface area contributed by atoms with Crippen LogP contribution in [0.15, 0.2) is 90.0 Å². The molecule has 0 fully saturated rings. The van der Waals surface area contributed by atoms with Crippen LogP contribution in [0.3, 0.4) is 0 Å². The number of carbonyl (C=O) groups excluding carboxylic acids is 1. The minimum absolute atomic E-state index is 0.0853. The highest BCUT2D eigenvalue weighted by Gasteiger charge is 2.32. The van der Waals surface area contributed by atoms with Crippen LogP contribution in [0, 0.1) is 0 Å². The zero-order valence-corrected chi connectivity index (χ0v) is 13.8. The molecular weight excluding hydrogens is 312 g/mol. The Kier molecular flexibility index (Phi) is 5.42. The molecule has 0 aromatic heterocycles. The van der Waals surface area contributed by atoms with Crippen molar-refractivity contribution in [1.29, 1.82) is 0 Å². The standard InChI is InChI=1S/C21H20N2O2/c22-18(24)14-8-3-9-15-19-23-20(16-10-4-1-5-11-16)21(25-19)17-12-6-2-7-13-17/h1-13,15,20-21H,14H2,(H2,22,24)/b8-3-,15-9+. The van der Waals surface area contributed by atoms with Crippen LogP contribution in [-0.2, 0) is 9.53 Å². The maximum Gasteiger partial charge on any atom is 0.221 e. The summed E-state index contributed by atoms with van der Waals surface area (Å²) in [4.78, 5) is 15.4. The van der Waals surface area contributed by atoms with Gasteiger partial charge in [-0.2, -0.15) is 0 Å². The van der Waals surface area contributed by atoms with Gasteiger partial charge in [-0.05, 0) is 17.2 Å². The quantitative estimate of drug-likeness (QED) is 0.816. The van der Waals surface area contributed by atoms with E-state index in [9.17, 15) is 4.79 Å². The Hall–Kier alpha value is -3.14. The molecule has 0 radical (unpaired) electrons. The van der Waals surface area contributed by atoms with Gasteiger partial charge < -0.3 is 10.5 Å². The molecule has 0 aliphatic carbocycles. The van der Waals surface area contributed by atoms with Gasteiger partial charge >= 0.3 is 0 Å². The van der Waals surface area contributed by atoms with E-state index in [4.69, 9.17) is 15.5 Å². The van der Waals surface area contributed by atoms with Crippen molar-refractivity contribution in [1.82, 2.24) is 0 Å². The molecule has 2 N–H and O–H groups in total. The van der Waals surface area contributed by atoms with Gasteiger partial charge in [0.2, 0.25) is 11.8 Å². The molecule has 4 heteroatoms. The lowest BCUT2D eigenvalue weighted by molar-refractivity contribution is -0.117. The molecule has 1 amide bonds. The van der Waals surface area contributed by atoms with E-state index in [2.05, 4.69) is 24.3 Å². The van der Waals surface area contributed by atoms with Gasteiger partial charge in [0.15, 0.2) is 6.10 Å². The van der Waals surface area contributed by atoms with Gasteiger partial charge in [0.1, 0.15) is 6.04 Å². The first kappa shape index (κ1) is 16.7. The molecule has 1 heterocycles. The molecule has 1 aliphatic heterocycles. The number of hydrogen-bond donors (Lipinski definition) is 1. The summed E-state index contributed by atoms with van der Waals surface area (Å²) in [6, 6.07) is 20.1. The van der Waals surface area contributed by atoms with Crippen LogP contribution in [0.2, 0.25) is 0 Å². The molecule has 2 aromatic rings. The minimum atomic E-state index is -0.354. The Morgan fingerprint density at radius 2 is 1.64 bits per heavy atom. The summed E-state index contributed by atoms with van der Waals surface area (Å²) < 4.78 is 6.08. The van der Waals surface area contributed by atoms with Gasteiger partial charge in [-0.1, -0.05) is 78.9 Å². The van der Waals surface area contributed by atoms with Gasteiger partial charge in [0.05, 0.1) is 0 Å². The van der Waals surface area contributed by atoms with Crippen LogP contribution < -0.4 is 5.73 Å². The SMILES string of the molecule is NC(=O)C/C=C\C=C\C1=NC(c2ccccc2)C(c2ccccc2)O1. The molecule has 2 unspecified atom stereocenters. The first-order valence-electron chi connectivity index (χ1n) is 8.20. The smallest absolute Gasteiger partial charge is 0.221 e. The maximum absolute atomic E-state index is 10.7. The van der Waals surface area contributed by atoms with E-state index in [0.717, 1.165) is 11.1 Å². The number of amides is 1. The molecule has 3 rings (SSSR count). The van der Waals surface area contributed by atoms with Crippen LogP contribution in [0.25, 0.3) is 0 Å². The highest BCUT2D eigenvalue weighted by atomic mass is 16.5. The van der Waals surface area contributed by atoms with E-state index < -0.39 is 0 Å². The van der Waals surface area contributed by atoms with Crippen molar-refractivity contribution < 1.29 is 9.53 Å². The predicted molar refractivity (Wildman–Crippen MR) is 99.0 cm³/mol. The van der Waals surface area contributed by atoms with Gasteiger partial charge in [-0.3, -0.25) is 4.79 Å². The normalized spacial score (nSPS) is 19.9. The zero-order valence-electron chi connectivity index (χ0n) is 13.8. The summed E-state index contributed by atoms with van der Waals surface area (Å²) >= 11 is 0. The highest BCUT2D eigenvalue weighted by molar-refractivity contribution is 5.89. The van der Waals surface area contributed by atoms with Crippen LogP contribution >= 0.6 is 0 Å². The summed E-state index contributed by atoms with van der Waals surface area (Å²) in [6.45, 7) is 0. The topological polar surface area (TPSA) is 64.7 Å². The number of allylic oxidation sites excluding steroid dienone is 2. The maximum atomic E-state index is 10.7. The lowest BCUT2D eigenvalue weighted by Gasteiger charge is -2.18. The number of rotatable bonds is 6. The third kappa shape index (κ3) is 4.44. The number of carbonyl (C=O) groups is 1. The van der Waals surface area contributed by atoms with E-state index in [-0.39, 0.29) is 24.5 Å². The number of nitrogens with two attached hydrogens (primary N) is 1. The Labute approximate surface area is 147 Å². The summed E-state index contributed by atoms with van der Waals surface area (Å²) in [5.74, 6) is 0.221. The van der Waals surface area contributed by atoms with E-state index >= 15 is 0 Å². The molecule has 0 saturated heterocycles. The largest absolute Gasteiger partial charge is 0.467 e. The molecule has 2 atom stereocenters. The highest BCUT2D eigenvalue weighted by Crippen LogP contribution is 2.39. The predicted octanol–water partition coefficient (Wildman–Crippen LogP) is 3.89.